The van der Waals surface area contributed by atoms with Crippen molar-refractivity contribution in [3.8, 4) is 11.4 Å². The van der Waals surface area contributed by atoms with Gasteiger partial charge in [-0.1, -0.05) is 18.2 Å². The van der Waals surface area contributed by atoms with Crippen LogP contribution in [-0.4, -0.2) is 14.8 Å². The van der Waals surface area contributed by atoms with E-state index in [2.05, 4.69) is 46.8 Å². The highest BCUT2D eigenvalue weighted by Gasteiger charge is 2.28. The van der Waals surface area contributed by atoms with Crippen LogP contribution < -0.4 is 0 Å². The van der Waals surface area contributed by atoms with E-state index in [4.69, 9.17) is 12.2 Å². The van der Waals surface area contributed by atoms with Crippen molar-refractivity contribution in [1.29, 1.82) is 0 Å². The molecule has 0 radical (unpaired) electrons. The van der Waals surface area contributed by atoms with Crippen LogP contribution in [0.25, 0.3) is 11.4 Å². The van der Waals surface area contributed by atoms with Gasteiger partial charge < -0.3 is 0 Å². The van der Waals surface area contributed by atoms with Gasteiger partial charge in [-0.05, 0) is 50.0 Å². The highest BCUT2D eigenvalue weighted by Crippen LogP contribution is 2.39. The van der Waals surface area contributed by atoms with Crippen molar-refractivity contribution in [3.63, 3.8) is 0 Å². The molecule has 0 saturated heterocycles. The van der Waals surface area contributed by atoms with E-state index < -0.39 is 0 Å². The SMILES string of the molecule is Cc1cccc(C)c1-c1n[nH]c(=S)n1C1CC1. The topological polar surface area (TPSA) is 33.6 Å². The van der Waals surface area contributed by atoms with E-state index in [1.54, 1.807) is 0 Å². The van der Waals surface area contributed by atoms with Gasteiger partial charge in [-0.15, -0.1) is 0 Å². The average molecular weight is 245 g/mol. The zero-order valence-corrected chi connectivity index (χ0v) is 10.8. The number of hydrogen-bond donors (Lipinski definition) is 1. The lowest BCUT2D eigenvalue weighted by Gasteiger charge is -2.10. The minimum atomic E-state index is 0.551. The fraction of sp³-hybridized carbons (Fsp3) is 0.385. The molecule has 0 amide bonds. The molecule has 4 heteroatoms. The molecular formula is C13H15N3S. The second-order valence-electron chi connectivity index (χ2n) is 4.72. The van der Waals surface area contributed by atoms with E-state index in [0.29, 0.717) is 6.04 Å². The van der Waals surface area contributed by atoms with Gasteiger partial charge in [-0.25, -0.2) is 0 Å². The molecule has 1 aromatic carbocycles. The van der Waals surface area contributed by atoms with E-state index in [1.807, 2.05) is 0 Å². The molecule has 0 aliphatic heterocycles. The summed E-state index contributed by atoms with van der Waals surface area (Å²) in [6, 6.07) is 6.88. The second kappa shape index (κ2) is 3.81. The van der Waals surface area contributed by atoms with Crippen molar-refractivity contribution in [2.45, 2.75) is 32.7 Å². The zero-order valence-electron chi connectivity index (χ0n) is 10.0. The summed E-state index contributed by atoms with van der Waals surface area (Å²) >= 11 is 5.32. The summed E-state index contributed by atoms with van der Waals surface area (Å²) in [5.41, 5.74) is 3.72. The van der Waals surface area contributed by atoms with E-state index >= 15 is 0 Å². The molecule has 0 bridgehead atoms. The number of H-pyrrole nitrogens is 1. The second-order valence-corrected chi connectivity index (χ2v) is 5.11. The molecule has 17 heavy (non-hydrogen) atoms. The first-order valence-corrected chi connectivity index (χ1v) is 6.33. The number of nitrogens with one attached hydrogen (secondary N) is 1. The molecule has 1 fully saturated rings. The summed E-state index contributed by atoms with van der Waals surface area (Å²) < 4.78 is 2.91. The van der Waals surface area contributed by atoms with Gasteiger partial charge >= 0.3 is 0 Å². The number of nitrogens with zero attached hydrogens (tertiary/aromatic N) is 2. The average Bonchev–Trinajstić information content (AvgIpc) is 3.04. The first-order chi connectivity index (χ1) is 8.18. The number of hydrogen-bond acceptors (Lipinski definition) is 2. The van der Waals surface area contributed by atoms with E-state index in [1.165, 1.54) is 29.5 Å². The van der Waals surface area contributed by atoms with Crippen molar-refractivity contribution < 1.29 is 0 Å². The maximum absolute atomic E-state index is 5.32. The first-order valence-electron chi connectivity index (χ1n) is 5.92. The number of benzene rings is 1. The summed E-state index contributed by atoms with van der Waals surface area (Å²) in [7, 11) is 0. The predicted octanol–water partition coefficient (Wildman–Crippen LogP) is 3.56. The number of aryl methyl sites for hydroxylation is 2. The third-order valence-electron chi connectivity index (χ3n) is 3.32. The number of rotatable bonds is 2. The van der Waals surface area contributed by atoms with Crippen LogP contribution in [0.15, 0.2) is 18.2 Å². The molecule has 2 aromatic rings. The Hall–Kier alpha value is -1.42. The number of aromatic amines is 1. The molecule has 88 valence electrons. The van der Waals surface area contributed by atoms with Gasteiger partial charge in [-0.3, -0.25) is 9.67 Å². The molecule has 3 rings (SSSR count). The maximum Gasteiger partial charge on any atom is 0.195 e. The standard InChI is InChI=1S/C13H15N3S/c1-8-4-3-5-9(2)11(8)12-14-15-13(17)16(12)10-6-7-10/h3-5,10H,6-7H2,1-2H3,(H,15,17). The van der Waals surface area contributed by atoms with Gasteiger partial charge in [0.1, 0.15) is 0 Å². The first kappa shape index (κ1) is 10.7. The van der Waals surface area contributed by atoms with E-state index in [9.17, 15) is 0 Å². The Morgan fingerprint density at radius 3 is 2.53 bits per heavy atom. The maximum atomic E-state index is 5.32. The van der Waals surface area contributed by atoms with Crippen LogP contribution >= 0.6 is 12.2 Å². The Morgan fingerprint density at radius 2 is 1.94 bits per heavy atom. The van der Waals surface area contributed by atoms with Gasteiger partial charge in [0.05, 0.1) is 0 Å². The summed E-state index contributed by atoms with van der Waals surface area (Å²) in [6.07, 6.45) is 2.43. The van der Waals surface area contributed by atoms with Crippen LogP contribution in [0.1, 0.15) is 30.0 Å². The van der Waals surface area contributed by atoms with Crippen molar-refractivity contribution in [3.05, 3.63) is 34.1 Å². The molecule has 1 saturated carbocycles. The molecule has 3 nitrogen and oxygen atoms in total. The molecule has 1 heterocycles. The van der Waals surface area contributed by atoms with Crippen LogP contribution in [0.5, 0.6) is 0 Å². The molecule has 1 aliphatic carbocycles. The monoisotopic (exact) mass is 245 g/mol. The van der Waals surface area contributed by atoms with Gasteiger partial charge in [0.15, 0.2) is 10.6 Å². The van der Waals surface area contributed by atoms with Crippen molar-refractivity contribution >= 4 is 12.2 Å². The van der Waals surface area contributed by atoms with Gasteiger partial charge in [0.2, 0.25) is 0 Å². The predicted molar refractivity (Wildman–Crippen MR) is 70.6 cm³/mol. The highest BCUT2D eigenvalue weighted by molar-refractivity contribution is 7.71. The van der Waals surface area contributed by atoms with E-state index in [0.717, 1.165) is 10.6 Å². The third-order valence-corrected chi connectivity index (χ3v) is 3.61. The van der Waals surface area contributed by atoms with Crippen LogP contribution in [0.3, 0.4) is 0 Å². The third kappa shape index (κ3) is 1.72. The molecule has 0 unspecified atom stereocenters. The molecule has 1 N–H and O–H groups in total. The normalized spacial score (nSPS) is 15.2. The Bertz CT molecular complexity index is 600. The van der Waals surface area contributed by atoms with E-state index in [-0.39, 0.29) is 0 Å². The Kier molecular flexibility index (Phi) is 2.40. The van der Waals surface area contributed by atoms with Gasteiger partial charge in [0, 0.05) is 11.6 Å². The Labute approximate surface area is 105 Å². The minimum absolute atomic E-state index is 0.551. The fourth-order valence-electron chi connectivity index (χ4n) is 2.32. The quantitative estimate of drug-likeness (QED) is 0.821. The lowest BCUT2D eigenvalue weighted by atomic mass is 10.0. The van der Waals surface area contributed by atoms with Crippen LogP contribution in [0, 0.1) is 18.6 Å². The highest BCUT2D eigenvalue weighted by atomic mass is 32.1. The lowest BCUT2D eigenvalue weighted by molar-refractivity contribution is 0.734. The molecule has 1 aromatic heterocycles. The molecule has 0 atom stereocenters. The van der Waals surface area contributed by atoms with Crippen molar-refractivity contribution in [2.75, 3.05) is 0 Å². The lowest BCUT2D eigenvalue weighted by Crippen LogP contribution is -2.00. The van der Waals surface area contributed by atoms with Gasteiger partial charge in [-0.2, -0.15) is 5.10 Å². The largest absolute Gasteiger partial charge is 0.297 e. The molecular weight excluding hydrogens is 230 g/mol. The number of aromatic nitrogens is 3. The van der Waals surface area contributed by atoms with Crippen molar-refractivity contribution in [1.82, 2.24) is 14.8 Å². The fourth-order valence-corrected chi connectivity index (χ4v) is 2.60. The van der Waals surface area contributed by atoms with Crippen LogP contribution in [-0.2, 0) is 0 Å². The zero-order chi connectivity index (χ0) is 12.0. The summed E-state index contributed by atoms with van der Waals surface area (Å²) in [5, 5.41) is 7.34. The summed E-state index contributed by atoms with van der Waals surface area (Å²) in [5.74, 6) is 0.994. The van der Waals surface area contributed by atoms with Crippen LogP contribution in [0.4, 0.5) is 0 Å². The smallest absolute Gasteiger partial charge is 0.195 e. The van der Waals surface area contributed by atoms with Gasteiger partial charge in [0.25, 0.3) is 0 Å². The summed E-state index contributed by atoms with van der Waals surface area (Å²) in [6.45, 7) is 4.24. The Balaban J connectivity index is 2.25. The summed E-state index contributed by atoms with van der Waals surface area (Å²) in [4.78, 5) is 0. The Morgan fingerprint density at radius 1 is 1.29 bits per heavy atom. The molecule has 1 aliphatic rings. The molecule has 0 spiro atoms. The van der Waals surface area contributed by atoms with Crippen LogP contribution in [0.2, 0.25) is 0 Å². The minimum Gasteiger partial charge on any atom is -0.297 e. The van der Waals surface area contributed by atoms with Crippen molar-refractivity contribution in [2.24, 2.45) is 0 Å².